The predicted octanol–water partition coefficient (Wildman–Crippen LogP) is 4.37. The van der Waals surface area contributed by atoms with Crippen molar-refractivity contribution >= 4 is 40.0 Å². The highest BCUT2D eigenvalue weighted by molar-refractivity contribution is 14.1. The molecule has 0 bridgehead atoms. The molecule has 1 nitrogen and oxygen atoms in total. The fourth-order valence-corrected chi connectivity index (χ4v) is 2.49. The van der Waals surface area contributed by atoms with Gasteiger partial charge in [-0.15, -0.1) is 0 Å². The van der Waals surface area contributed by atoms with Crippen molar-refractivity contribution in [1.82, 2.24) is 0 Å². The van der Waals surface area contributed by atoms with Gasteiger partial charge in [0.05, 0.1) is 0 Å². The minimum absolute atomic E-state index is 0.100. The van der Waals surface area contributed by atoms with Gasteiger partial charge >= 0.3 is 0 Å². The topological polar surface area (TPSA) is 17.1 Å². The Kier molecular flexibility index (Phi) is 4.18. The molecule has 0 aliphatic heterocycles. The zero-order chi connectivity index (χ0) is 12.3. The number of Topliss-reactive ketones (excluding diaryl/α,β-unsaturated/α-hetero) is 1. The fraction of sp³-hybridized carbons (Fsp3) is 0.0714. The van der Waals surface area contributed by atoms with Crippen LogP contribution >= 0.6 is 34.2 Å². The van der Waals surface area contributed by atoms with Crippen LogP contribution in [0.25, 0.3) is 0 Å². The largest absolute Gasteiger partial charge is 0.294 e. The summed E-state index contributed by atoms with van der Waals surface area (Å²) in [5.74, 6) is 0.100. The van der Waals surface area contributed by atoms with Crippen LogP contribution in [-0.2, 0) is 6.42 Å². The van der Waals surface area contributed by atoms with Crippen molar-refractivity contribution in [3.8, 4) is 0 Å². The van der Waals surface area contributed by atoms with Crippen molar-refractivity contribution in [3.05, 3.63) is 68.3 Å². The molecule has 0 aromatic heterocycles. The molecule has 2 aromatic carbocycles. The van der Waals surface area contributed by atoms with Crippen LogP contribution in [0.15, 0.2) is 48.5 Å². The summed E-state index contributed by atoms with van der Waals surface area (Å²) in [5, 5.41) is 0.645. The molecule has 0 atom stereocenters. The summed E-state index contributed by atoms with van der Waals surface area (Å²) < 4.78 is 0.974. The lowest BCUT2D eigenvalue weighted by molar-refractivity contribution is 0.0992. The van der Waals surface area contributed by atoms with Crippen LogP contribution < -0.4 is 0 Å². The summed E-state index contributed by atoms with van der Waals surface area (Å²) in [7, 11) is 0. The van der Waals surface area contributed by atoms with Crippen LogP contribution in [0.3, 0.4) is 0 Å². The van der Waals surface area contributed by atoms with E-state index in [-0.39, 0.29) is 5.78 Å². The van der Waals surface area contributed by atoms with E-state index in [1.165, 1.54) is 0 Å². The highest BCUT2D eigenvalue weighted by Crippen LogP contribution is 2.19. The lowest BCUT2D eigenvalue weighted by atomic mass is 10.0. The molecule has 0 radical (unpaired) electrons. The third-order valence-corrected chi connectivity index (χ3v) is 3.79. The number of rotatable bonds is 3. The Hall–Kier alpha value is -0.870. The number of ketones is 1. The monoisotopic (exact) mass is 356 g/mol. The summed E-state index contributed by atoms with van der Waals surface area (Å²) in [6.07, 6.45) is 0.347. The van der Waals surface area contributed by atoms with Crippen molar-refractivity contribution in [2.75, 3.05) is 0 Å². The van der Waals surface area contributed by atoms with Gasteiger partial charge in [0.2, 0.25) is 0 Å². The Morgan fingerprint density at radius 2 is 1.71 bits per heavy atom. The molecule has 0 saturated heterocycles. The number of benzene rings is 2. The molecule has 0 spiro atoms. The van der Waals surface area contributed by atoms with Crippen LogP contribution in [0.1, 0.15) is 15.9 Å². The molecular formula is C14H10ClIO. The highest BCUT2D eigenvalue weighted by atomic mass is 127. The summed E-state index contributed by atoms with van der Waals surface area (Å²) >= 11 is 8.21. The minimum Gasteiger partial charge on any atom is -0.294 e. The first-order valence-corrected chi connectivity index (χ1v) is 6.65. The smallest absolute Gasteiger partial charge is 0.168 e. The standard InChI is InChI=1S/C14H10ClIO/c15-12-7-3-1-5-10(12)9-14(17)11-6-2-4-8-13(11)16/h1-8H,9H2. The first-order chi connectivity index (χ1) is 8.18. The van der Waals surface area contributed by atoms with Crippen LogP contribution in [0, 0.1) is 3.57 Å². The number of carbonyl (C=O) groups is 1. The Labute approximate surface area is 119 Å². The SMILES string of the molecule is O=C(Cc1ccccc1Cl)c1ccccc1I. The molecule has 0 aliphatic carbocycles. The molecule has 0 N–H and O–H groups in total. The first kappa shape index (κ1) is 12.6. The molecule has 0 heterocycles. The van der Waals surface area contributed by atoms with Gasteiger partial charge in [-0.2, -0.15) is 0 Å². The molecule has 0 unspecified atom stereocenters. The maximum absolute atomic E-state index is 12.1. The van der Waals surface area contributed by atoms with E-state index in [1.54, 1.807) is 6.07 Å². The van der Waals surface area contributed by atoms with Crippen LogP contribution in [0.4, 0.5) is 0 Å². The summed E-state index contributed by atoms with van der Waals surface area (Å²) in [6, 6.07) is 15.0. The number of hydrogen-bond donors (Lipinski definition) is 0. The molecule has 86 valence electrons. The van der Waals surface area contributed by atoms with E-state index in [2.05, 4.69) is 22.6 Å². The zero-order valence-corrected chi connectivity index (χ0v) is 11.9. The van der Waals surface area contributed by atoms with E-state index >= 15 is 0 Å². The molecular weight excluding hydrogens is 347 g/mol. The quantitative estimate of drug-likeness (QED) is 0.589. The Bertz CT molecular complexity index is 551. The van der Waals surface area contributed by atoms with Crippen molar-refractivity contribution in [3.63, 3.8) is 0 Å². The maximum atomic E-state index is 12.1. The average Bonchev–Trinajstić information content (AvgIpc) is 2.32. The van der Waals surface area contributed by atoms with E-state index < -0.39 is 0 Å². The Balaban J connectivity index is 2.24. The van der Waals surface area contributed by atoms with Gasteiger partial charge < -0.3 is 0 Å². The molecule has 2 aromatic rings. The third kappa shape index (κ3) is 3.07. The van der Waals surface area contributed by atoms with Crippen LogP contribution in [-0.4, -0.2) is 5.78 Å². The van der Waals surface area contributed by atoms with Gasteiger partial charge in [-0.25, -0.2) is 0 Å². The number of halogens is 2. The predicted molar refractivity (Wildman–Crippen MR) is 78.6 cm³/mol. The lowest BCUT2D eigenvalue weighted by Crippen LogP contribution is -2.05. The second kappa shape index (κ2) is 5.65. The molecule has 0 fully saturated rings. The van der Waals surface area contributed by atoms with Crippen molar-refractivity contribution in [2.24, 2.45) is 0 Å². The molecule has 0 amide bonds. The van der Waals surface area contributed by atoms with E-state index in [1.807, 2.05) is 42.5 Å². The van der Waals surface area contributed by atoms with Crippen LogP contribution in [0.5, 0.6) is 0 Å². The molecule has 0 aliphatic rings. The van der Waals surface area contributed by atoms with Crippen molar-refractivity contribution < 1.29 is 4.79 Å². The second-order valence-electron chi connectivity index (χ2n) is 3.67. The summed E-state index contributed by atoms with van der Waals surface area (Å²) in [4.78, 5) is 12.1. The average molecular weight is 357 g/mol. The third-order valence-electron chi connectivity index (χ3n) is 2.48. The normalized spacial score (nSPS) is 10.2. The Morgan fingerprint density at radius 3 is 2.41 bits per heavy atom. The lowest BCUT2D eigenvalue weighted by Gasteiger charge is -2.05. The van der Waals surface area contributed by atoms with E-state index in [9.17, 15) is 4.79 Å². The van der Waals surface area contributed by atoms with Gasteiger partial charge in [-0.1, -0.05) is 48.0 Å². The van der Waals surface area contributed by atoms with Crippen LogP contribution in [0.2, 0.25) is 5.02 Å². The van der Waals surface area contributed by atoms with Gasteiger partial charge in [-0.05, 0) is 40.3 Å². The molecule has 3 heteroatoms. The zero-order valence-electron chi connectivity index (χ0n) is 8.99. The number of hydrogen-bond acceptors (Lipinski definition) is 1. The maximum Gasteiger partial charge on any atom is 0.168 e. The first-order valence-electron chi connectivity index (χ1n) is 5.19. The van der Waals surface area contributed by atoms with Gasteiger partial charge in [-0.3, -0.25) is 4.79 Å². The molecule has 2 rings (SSSR count). The summed E-state index contributed by atoms with van der Waals surface area (Å²) in [6.45, 7) is 0. The molecule has 17 heavy (non-hydrogen) atoms. The second-order valence-corrected chi connectivity index (χ2v) is 5.24. The molecule has 0 saturated carbocycles. The van der Waals surface area contributed by atoms with Crippen molar-refractivity contribution in [1.29, 1.82) is 0 Å². The van der Waals surface area contributed by atoms with Gasteiger partial charge in [0.25, 0.3) is 0 Å². The number of carbonyl (C=O) groups excluding carboxylic acids is 1. The van der Waals surface area contributed by atoms with E-state index in [0.29, 0.717) is 11.4 Å². The van der Waals surface area contributed by atoms with Gasteiger partial charge in [0.1, 0.15) is 0 Å². The van der Waals surface area contributed by atoms with E-state index in [0.717, 1.165) is 14.7 Å². The summed E-state index contributed by atoms with van der Waals surface area (Å²) in [5.41, 5.74) is 1.63. The van der Waals surface area contributed by atoms with Crippen molar-refractivity contribution in [2.45, 2.75) is 6.42 Å². The minimum atomic E-state index is 0.100. The highest BCUT2D eigenvalue weighted by Gasteiger charge is 2.11. The fourth-order valence-electron chi connectivity index (χ4n) is 1.60. The van der Waals surface area contributed by atoms with E-state index in [4.69, 9.17) is 11.6 Å². The van der Waals surface area contributed by atoms with Gasteiger partial charge in [0.15, 0.2) is 5.78 Å². The Morgan fingerprint density at radius 1 is 1.06 bits per heavy atom. The van der Waals surface area contributed by atoms with Gasteiger partial charge in [0, 0.05) is 20.6 Å².